The highest BCUT2D eigenvalue weighted by molar-refractivity contribution is 5.92. The van der Waals surface area contributed by atoms with Crippen molar-refractivity contribution in [1.82, 2.24) is 14.9 Å². The van der Waals surface area contributed by atoms with Crippen molar-refractivity contribution >= 4 is 22.6 Å². The summed E-state index contributed by atoms with van der Waals surface area (Å²) in [5.41, 5.74) is 4.13. The van der Waals surface area contributed by atoms with Crippen molar-refractivity contribution in [2.45, 2.75) is 26.3 Å². The summed E-state index contributed by atoms with van der Waals surface area (Å²) in [5.74, 6) is 1.22. The molecule has 2 N–H and O–H groups in total. The van der Waals surface area contributed by atoms with Crippen LogP contribution in [0, 0.1) is 12.8 Å². The number of H-pyrrole nitrogens is 1. The third-order valence-electron chi connectivity index (χ3n) is 5.06. The van der Waals surface area contributed by atoms with Crippen molar-refractivity contribution in [1.29, 1.82) is 0 Å². The quantitative estimate of drug-likeness (QED) is 0.755. The maximum atomic E-state index is 12.5. The van der Waals surface area contributed by atoms with E-state index in [1.54, 1.807) is 0 Å². The molecule has 2 heterocycles. The van der Waals surface area contributed by atoms with Crippen molar-refractivity contribution in [3.05, 3.63) is 59.9 Å². The average Bonchev–Trinajstić information content (AvgIpc) is 3.04. The van der Waals surface area contributed by atoms with Crippen LogP contribution in [0.3, 0.4) is 0 Å². The second-order valence-electron chi connectivity index (χ2n) is 7.11. The fourth-order valence-electron chi connectivity index (χ4n) is 3.61. The first-order valence-corrected chi connectivity index (χ1v) is 9.21. The molecule has 3 aromatic rings. The van der Waals surface area contributed by atoms with Crippen molar-refractivity contribution in [2.24, 2.45) is 5.92 Å². The van der Waals surface area contributed by atoms with Crippen LogP contribution in [0.25, 0.3) is 11.0 Å². The van der Waals surface area contributed by atoms with Crippen LogP contribution in [0.4, 0.5) is 5.69 Å². The lowest BCUT2D eigenvalue weighted by Gasteiger charge is -2.30. The molecule has 1 aromatic heterocycles. The van der Waals surface area contributed by atoms with E-state index in [1.165, 1.54) is 0 Å². The number of rotatable bonds is 4. The van der Waals surface area contributed by atoms with Crippen LogP contribution >= 0.6 is 0 Å². The Balaban J connectivity index is 1.31. The van der Waals surface area contributed by atoms with Gasteiger partial charge in [0.25, 0.3) is 0 Å². The summed E-state index contributed by atoms with van der Waals surface area (Å²) in [6.45, 7) is 4.68. The fraction of sp³-hybridized carbons (Fsp3) is 0.333. The molecule has 1 aliphatic rings. The number of nitrogens with one attached hydrogen (secondary N) is 2. The number of aryl methyl sites for hydroxylation is 1. The molecule has 134 valence electrons. The number of carbonyl (C=O) groups is 1. The molecule has 0 spiro atoms. The number of likely N-dealkylation sites (tertiary alicyclic amines) is 1. The standard InChI is InChI=1S/C21H24N4O/c1-15-5-4-6-17(13-15)22-21(26)16-9-11-25(12-10-16)14-20-23-18-7-2-3-8-19(18)24-20/h2-8,13,16H,9-12,14H2,1H3,(H,22,26)(H,23,24). The number of imidazole rings is 1. The molecule has 1 amide bonds. The van der Waals surface area contributed by atoms with Gasteiger partial charge in [-0.05, 0) is 62.7 Å². The third-order valence-corrected chi connectivity index (χ3v) is 5.06. The number of carbonyl (C=O) groups excluding carboxylic acids is 1. The molecule has 1 saturated heterocycles. The van der Waals surface area contributed by atoms with Crippen LogP contribution in [0.2, 0.25) is 0 Å². The summed E-state index contributed by atoms with van der Waals surface area (Å²) < 4.78 is 0. The molecular weight excluding hydrogens is 324 g/mol. The Kier molecular flexibility index (Phi) is 4.71. The summed E-state index contributed by atoms with van der Waals surface area (Å²) in [6.07, 6.45) is 1.77. The fourth-order valence-corrected chi connectivity index (χ4v) is 3.61. The first-order valence-electron chi connectivity index (χ1n) is 9.21. The first kappa shape index (κ1) is 16.8. The minimum absolute atomic E-state index is 0.0856. The molecule has 0 radical (unpaired) electrons. The topological polar surface area (TPSA) is 61.0 Å². The van der Waals surface area contributed by atoms with E-state index in [1.807, 2.05) is 55.5 Å². The molecule has 1 aliphatic heterocycles. The zero-order chi connectivity index (χ0) is 17.9. The van der Waals surface area contributed by atoms with E-state index < -0.39 is 0 Å². The molecule has 0 saturated carbocycles. The highest BCUT2D eigenvalue weighted by atomic mass is 16.1. The van der Waals surface area contributed by atoms with E-state index in [9.17, 15) is 4.79 Å². The van der Waals surface area contributed by atoms with Crippen LogP contribution in [0.5, 0.6) is 0 Å². The molecule has 1 fully saturated rings. The lowest BCUT2D eigenvalue weighted by Crippen LogP contribution is -2.38. The number of benzene rings is 2. The van der Waals surface area contributed by atoms with Gasteiger partial charge in [0.1, 0.15) is 5.82 Å². The molecule has 0 atom stereocenters. The van der Waals surface area contributed by atoms with Gasteiger partial charge in [0, 0.05) is 11.6 Å². The minimum atomic E-state index is 0.0856. The van der Waals surface area contributed by atoms with E-state index in [0.29, 0.717) is 0 Å². The Hall–Kier alpha value is -2.66. The third kappa shape index (κ3) is 3.78. The van der Waals surface area contributed by atoms with E-state index in [-0.39, 0.29) is 11.8 Å². The van der Waals surface area contributed by atoms with Gasteiger partial charge in [0.05, 0.1) is 17.6 Å². The van der Waals surface area contributed by atoms with Crippen LogP contribution in [-0.2, 0) is 11.3 Å². The van der Waals surface area contributed by atoms with E-state index in [4.69, 9.17) is 0 Å². The van der Waals surface area contributed by atoms with Crippen molar-refractivity contribution in [3.63, 3.8) is 0 Å². The monoisotopic (exact) mass is 348 g/mol. The summed E-state index contributed by atoms with van der Waals surface area (Å²) in [5, 5.41) is 3.06. The van der Waals surface area contributed by atoms with Crippen molar-refractivity contribution in [3.8, 4) is 0 Å². The van der Waals surface area contributed by atoms with E-state index >= 15 is 0 Å². The number of para-hydroxylation sites is 2. The van der Waals surface area contributed by atoms with Gasteiger partial charge in [-0.2, -0.15) is 0 Å². The molecular formula is C21H24N4O. The Labute approximate surface area is 153 Å². The number of nitrogens with zero attached hydrogens (tertiary/aromatic N) is 2. The Bertz CT molecular complexity index is 876. The number of amides is 1. The average molecular weight is 348 g/mol. The lowest BCUT2D eigenvalue weighted by atomic mass is 9.95. The highest BCUT2D eigenvalue weighted by Gasteiger charge is 2.25. The Morgan fingerprint density at radius 2 is 2.00 bits per heavy atom. The number of anilines is 1. The number of fused-ring (bicyclic) bond motifs is 1. The molecule has 0 unspecified atom stereocenters. The first-order chi connectivity index (χ1) is 12.7. The number of aromatic nitrogens is 2. The zero-order valence-corrected chi connectivity index (χ0v) is 15.0. The number of aromatic amines is 1. The van der Waals surface area contributed by atoms with Crippen LogP contribution in [0.1, 0.15) is 24.2 Å². The van der Waals surface area contributed by atoms with Crippen LogP contribution in [-0.4, -0.2) is 33.9 Å². The van der Waals surface area contributed by atoms with Gasteiger partial charge in [0.15, 0.2) is 0 Å². The Morgan fingerprint density at radius 3 is 2.77 bits per heavy atom. The van der Waals surface area contributed by atoms with Gasteiger partial charge >= 0.3 is 0 Å². The van der Waals surface area contributed by atoms with Gasteiger partial charge < -0.3 is 10.3 Å². The van der Waals surface area contributed by atoms with Gasteiger partial charge in [-0.15, -0.1) is 0 Å². The molecule has 5 heteroatoms. The van der Waals surface area contributed by atoms with Crippen LogP contribution < -0.4 is 5.32 Å². The molecule has 0 aliphatic carbocycles. The van der Waals surface area contributed by atoms with Gasteiger partial charge in [-0.1, -0.05) is 24.3 Å². The smallest absolute Gasteiger partial charge is 0.227 e. The SMILES string of the molecule is Cc1cccc(NC(=O)C2CCN(Cc3nc4ccccc4[nH]3)CC2)c1. The summed E-state index contributed by atoms with van der Waals surface area (Å²) in [4.78, 5) is 22.9. The second-order valence-corrected chi connectivity index (χ2v) is 7.11. The molecule has 4 rings (SSSR count). The predicted octanol–water partition coefficient (Wildman–Crippen LogP) is 3.72. The van der Waals surface area contributed by atoms with Crippen molar-refractivity contribution in [2.75, 3.05) is 18.4 Å². The number of piperidine rings is 1. The molecule has 0 bridgehead atoms. The van der Waals surface area contributed by atoms with Crippen molar-refractivity contribution < 1.29 is 4.79 Å². The van der Waals surface area contributed by atoms with E-state index in [2.05, 4.69) is 20.2 Å². The van der Waals surface area contributed by atoms with Gasteiger partial charge in [0.2, 0.25) is 5.91 Å². The summed E-state index contributed by atoms with van der Waals surface area (Å²) >= 11 is 0. The number of hydrogen-bond acceptors (Lipinski definition) is 3. The van der Waals surface area contributed by atoms with E-state index in [0.717, 1.165) is 60.6 Å². The van der Waals surface area contributed by atoms with Crippen LogP contribution in [0.15, 0.2) is 48.5 Å². The molecule has 5 nitrogen and oxygen atoms in total. The maximum absolute atomic E-state index is 12.5. The largest absolute Gasteiger partial charge is 0.341 e. The normalized spacial score (nSPS) is 16.0. The second kappa shape index (κ2) is 7.30. The van der Waals surface area contributed by atoms with Gasteiger partial charge in [-0.3, -0.25) is 9.69 Å². The molecule has 26 heavy (non-hydrogen) atoms. The molecule has 2 aromatic carbocycles. The summed E-state index contributed by atoms with van der Waals surface area (Å²) in [6, 6.07) is 16.1. The minimum Gasteiger partial charge on any atom is -0.341 e. The maximum Gasteiger partial charge on any atom is 0.227 e. The highest BCUT2D eigenvalue weighted by Crippen LogP contribution is 2.21. The lowest BCUT2D eigenvalue weighted by molar-refractivity contribution is -0.121. The number of hydrogen-bond donors (Lipinski definition) is 2. The zero-order valence-electron chi connectivity index (χ0n) is 15.0. The van der Waals surface area contributed by atoms with Gasteiger partial charge in [-0.25, -0.2) is 4.98 Å². The predicted molar refractivity (Wildman–Crippen MR) is 104 cm³/mol. The summed E-state index contributed by atoms with van der Waals surface area (Å²) in [7, 11) is 0. The Morgan fingerprint density at radius 1 is 1.19 bits per heavy atom.